The van der Waals surface area contributed by atoms with Gasteiger partial charge >= 0.3 is 20.1 Å². The molecule has 0 amide bonds. The molecule has 0 aliphatic rings. The van der Waals surface area contributed by atoms with Crippen molar-refractivity contribution < 1.29 is 20.1 Å². The molecule has 0 N–H and O–H groups in total. The standard InChI is InChI=1S/C25H19N5.C24H19N6.Ir/c1-3-7-20(8-4-1)24-16-25(21-9-5-2-6-10-21)23(18-30-14-12-27-28-30)15-22(24)17-29-13-11-26-19-29;1-3-7-19(8-4-1)23-16-24(20-9-5-2-6-10-20)22(18-30-14-12-26-28-30)15-21(23)17-29-13-11-25-27-29;/h2*1-14,16H,17-18H2;/q-2;-1;+3. The van der Waals surface area contributed by atoms with Crippen molar-refractivity contribution in [3.05, 3.63) is 224 Å². The number of nitrogens with zero attached hydrogens (tertiary/aromatic N) is 11. The van der Waals surface area contributed by atoms with Crippen molar-refractivity contribution in [2.45, 2.75) is 26.2 Å². The molecule has 0 atom stereocenters. The van der Waals surface area contributed by atoms with E-state index in [1.54, 1.807) is 24.8 Å². The second kappa shape index (κ2) is 19.6. The van der Waals surface area contributed by atoms with Crippen LogP contribution in [0.25, 0.3) is 44.5 Å². The fourth-order valence-electron chi connectivity index (χ4n) is 7.22. The Balaban J connectivity index is 0.000000166. The molecule has 0 saturated heterocycles. The van der Waals surface area contributed by atoms with Crippen LogP contribution in [0.1, 0.15) is 22.3 Å². The third kappa shape index (κ3) is 9.91. The van der Waals surface area contributed by atoms with Crippen LogP contribution >= 0.6 is 0 Å². The molecule has 0 fully saturated rings. The normalized spacial score (nSPS) is 10.8. The van der Waals surface area contributed by atoms with Crippen molar-refractivity contribution in [3.63, 3.8) is 0 Å². The minimum Gasteiger partial charge on any atom is -0.452 e. The predicted molar refractivity (Wildman–Crippen MR) is 230 cm³/mol. The van der Waals surface area contributed by atoms with Gasteiger partial charge in [-0.05, 0) is 0 Å². The van der Waals surface area contributed by atoms with Gasteiger partial charge in [-0.2, -0.15) is 24.3 Å². The van der Waals surface area contributed by atoms with Gasteiger partial charge in [0.05, 0.1) is 18.6 Å². The molecule has 4 heterocycles. The fourth-order valence-corrected chi connectivity index (χ4v) is 7.22. The second-order valence-electron chi connectivity index (χ2n) is 14.0. The molecule has 0 bridgehead atoms. The molecule has 4 aromatic heterocycles. The quantitative estimate of drug-likeness (QED) is 0.113. The summed E-state index contributed by atoms with van der Waals surface area (Å²) in [6.45, 7) is 2.41. The molecule has 0 aliphatic heterocycles. The van der Waals surface area contributed by atoms with E-state index in [1.807, 2.05) is 67.7 Å². The summed E-state index contributed by atoms with van der Waals surface area (Å²) >= 11 is 0. The molecular weight excluding hydrogens is 935 g/mol. The minimum absolute atomic E-state index is 0. The van der Waals surface area contributed by atoms with Gasteiger partial charge in [-0.15, -0.1) is 72.2 Å². The topological polar surface area (TPSA) is 110 Å². The average molecular weight is 973 g/mol. The summed E-state index contributed by atoms with van der Waals surface area (Å²) < 4.78 is 7.41. The van der Waals surface area contributed by atoms with E-state index in [4.69, 9.17) is 0 Å². The second-order valence-corrected chi connectivity index (χ2v) is 14.0. The van der Waals surface area contributed by atoms with Gasteiger partial charge in [0.1, 0.15) is 0 Å². The maximum Gasteiger partial charge on any atom is 3.00 e. The SMILES string of the molecule is [Ir+3].[c-]1c(Cn2[c-]ncc2)c(-c2ccccc2)cc(-c2ccccc2)c1Cn1ccnn1.[c-]1c(Cn2ccnn2)c(-c2ccccc2)cc(-c2ccccc2)c1Cn1ccnn1. The van der Waals surface area contributed by atoms with Crippen LogP contribution in [0, 0.1) is 18.5 Å². The maximum absolute atomic E-state index is 4.16. The van der Waals surface area contributed by atoms with E-state index in [0.717, 1.165) is 66.8 Å². The van der Waals surface area contributed by atoms with Gasteiger partial charge in [-0.3, -0.25) is 14.0 Å². The van der Waals surface area contributed by atoms with Crippen LogP contribution in [0.3, 0.4) is 0 Å². The van der Waals surface area contributed by atoms with Crippen LogP contribution < -0.4 is 0 Å². The zero-order valence-corrected chi connectivity index (χ0v) is 35.3. The van der Waals surface area contributed by atoms with Gasteiger partial charge in [0, 0.05) is 51.1 Å². The Hall–Kier alpha value is -7.40. The molecule has 0 saturated carbocycles. The number of aromatic nitrogens is 11. The Morgan fingerprint density at radius 1 is 0.377 bits per heavy atom. The first-order valence-electron chi connectivity index (χ1n) is 19.5. The van der Waals surface area contributed by atoms with E-state index >= 15 is 0 Å². The first-order valence-corrected chi connectivity index (χ1v) is 19.5. The Kier molecular flexibility index (Phi) is 13.0. The molecule has 10 rings (SSSR count). The molecule has 0 aliphatic carbocycles. The number of hydrogen-bond donors (Lipinski definition) is 0. The van der Waals surface area contributed by atoms with Gasteiger partial charge < -0.3 is 9.55 Å². The molecule has 10 aromatic rings. The van der Waals surface area contributed by atoms with Crippen LogP contribution in [-0.4, -0.2) is 54.5 Å². The summed E-state index contributed by atoms with van der Waals surface area (Å²) in [6, 6.07) is 53.5. The minimum atomic E-state index is 0. The summed E-state index contributed by atoms with van der Waals surface area (Å²) in [5.41, 5.74) is 13.4. The largest absolute Gasteiger partial charge is 3.00 e. The third-order valence-electron chi connectivity index (χ3n) is 10.0. The van der Waals surface area contributed by atoms with Crippen molar-refractivity contribution in [1.82, 2.24) is 54.5 Å². The van der Waals surface area contributed by atoms with Crippen LogP contribution in [0.4, 0.5) is 0 Å². The molecule has 0 spiro atoms. The monoisotopic (exact) mass is 973 g/mol. The Bertz CT molecular complexity index is 2440. The first-order chi connectivity index (χ1) is 29.7. The van der Waals surface area contributed by atoms with E-state index in [-0.39, 0.29) is 20.1 Å². The summed E-state index contributed by atoms with van der Waals surface area (Å²) in [6.07, 6.45) is 17.3. The Morgan fingerprint density at radius 2 is 0.705 bits per heavy atom. The van der Waals surface area contributed by atoms with Crippen molar-refractivity contribution in [2.75, 3.05) is 0 Å². The van der Waals surface area contributed by atoms with E-state index in [0.29, 0.717) is 26.2 Å². The van der Waals surface area contributed by atoms with Gasteiger partial charge in [-0.1, -0.05) is 159 Å². The fraction of sp³-hybridized carbons (Fsp3) is 0.0816. The number of imidazole rings is 1. The van der Waals surface area contributed by atoms with E-state index in [1.165, 1.54) is 0 Å². The van der Waals surface area contributed by atoms with E-state index < -0.39 is 0 Å². The molecule has 6 aromatic carbocycles. The predicted octanol–water partition coefficient (Wildman–Crippen LogP) is 8.60. The molecular formula is C49H38IrN11. The van der Waals surface area contributed by atoms with E-state index in [9.17, 15) is 0 Å². The van der Waals surface area contributed by atoms with Gasteiger partial charge in [0.2, 0.25) is 0 Å². The number of rotatable bonds is 12. The average Bonchev–Trinajstić information content (AvgIpc) is 4.17. The summed E-state index contributed by atoms with van der Waals surface area (Å²) in [4.78, 5) is 4.07. The summed E-state index contributed by atoms with van der Waals surface area (Å²) in [7, 11) is 0. The molecule has 0 radical (unpaired) electrons. The Morgan fingerprint density at radius 3 is 0.984 bits per heavy atom. The number of benzene rings is 6. The maximum atomic E-state index is 4.16. The van der Waals surface area contributed by atoms with Crippen LogP contribution in [0.15, 0.2) is 183 Å². The van der Waals surface area contributed by atoms with Crippen molar-refractivity contribution in [3.8, 4) is 44.5 Å². The van der Waals surface area contributed by atoms with Crippen molar-refractivity contribution >= 4 is 0 Å². The zero-order chi connectivity index (χ0) is 40.4. The van der Waals surface area contributed by atoms with Crippen molar-refractivity contribution in [1.29, 1.82) is 0 Å². The molecule has 11 nitrogen and oxygen atoms in total. The first kappa shape index (κ1) is 40.4. The smallest absolute Gasteiger partial charge is 0.452 e. The van der Waals surface area contributed by atoms with Crippen LogP contribution in [0.5, 0.6) is 0 Å². The third-order valence-corrected chi connectivity index (χ3v) is 10.0. The summed E-state index contributed by atoms with van der Waals surface area (Å²) in [5, 5.41) is 24.3. The van der Waals surface area contributed by atoms with E-state index in [2.05, 4.69) is 164 Å². The molecule has 0 unspecified atom stereocenters. The van der Waals surface area contributed by atoms with Crippen LogP contribution in [-0.2, 0) is 46.3 Å². The van der Waals surface area contributed by atoms with Gasteiger partial charge in [0.15, 0.2) is 0 Å². The summed E-state index contributed by atoms with van der Waals surface area (Å²) in [5.74, 6) is 0. The molecule has 298 valence electrons. The van der Waals surface area contributed by atoms with Crippen molar-refractivity contribution in [2.24, 2.45) is 0 Å². The van der Waals surface area contributed by atoms with Gasteiger partial charge in [-0.25, -0.2) is 0 Å². The van der Waals surface area contributed by atoms with Crippen LogP contribution in [0.2, 0.25) is 0 Å². The number of hydrogen-bond acceptors (Lipinski definition) is 7. The van der Waals surface area contributed by atoms with Gasteiger partial charge in [0.25, 0.3) is 0 Å². The molecule has 61 heavy (non-hydrogen) atoms. The zero-order valence-electron chi connectivity index (χ0n) is 32.9. The Labute approximate surface area is 367 Å². The molecule has 12 heteroatoms.